The Morgan fingerprint density at radius 3 is 2.81 bits per heavy atom. The van der Waals surface area contributed by atoms with Crippen molar-refractivity contribution in [3.63, 3.8) is 0 Å². The first-order chi connectivity index (χ1) is 15.6. The summed E-state index contributed by atoms with van der Waals surface area (Å²) in [5.74, 6) is 0.742. The Balaban J connectivity index is 1.56. The molecule has 8 heteroatoms. The normalized spacial score (nSPS) is 14.1. The van der Waals surface area contributed by atoms with E-state index in [4.69, 9.17) is 14.8 Å². The first-order valence-electron chi connectivity index (χ1n) is 10.7. The molecule has 0 radical (unpaired) electrons. The second-order valence-corrected chi connectivity index (χ2v) is 9.09. The van der Waals surface area contributed by atoms with E-state index in [2.05, 4.69) is 47.5 Å². The van der Waals surface area contributed by atoms with E-state index in [0.717, 1.165) is 50.9 Å². The number of fused-ring (bicyclic) bond motifs is 1. The molecule has 0 aliphatic carbocycles. The maximum absolute atomic E-state index is 11.4. The second-order valence-electron chi connectivity index (χ2n) is 7.95. The minimum atomic E-state index is -0.0373. The molecule has 7 nitrogen and oxygen atoms in total. The van der Waals surface area contributed by atoms with E-state index in [-0.39, 0.29) is 5.91 Å². The Bertz CT molecular complexity index is 1270. The van der Waals surface area contributed by atoms with Gasteiger partial charge in [0.2, 0.25) is 5.91 Å². The van der Waals surface area contributed by atoms with Gasteiger partial charge in [-0.15, -0.1) is 11.3 Å². The van der Waals surface area contributed by atoms with Gasteiger partial charge < -0.3 is 15.0 Å². The third-order valence-electron chi connectivity index (χ3n) is 5.50. The van der Waals surface area contributed by atoms with Crippen LogP contribution in [-0.4, -0.2) is 47.0 Å². The van der Waals surface area contributed by atoms with Gasteiger partial charge in [0.15, 0.2) is 5.82 Å². The van der Waals surface area contributed by atoms with Crippen LogP contribution in [0.4, 0.5) is 5.69 Å². The number of aryl methyl sites for hydroxylation is 1. The fourth-order valence-corrected chi connectivity index (χ4v) is 4.98. The molecule has 164 valence electrons. The van der Waals surface area contributed by atoms with Gasteiger partial charge in [0.05, 0.1) is 41.4 Å². The molecule has 4 heterocycles. The average Bonchev–Trinajstić information content (AvgIpc) is 3.45. The number of carbonyl (C=O) groups is 1. The Hall–Kier alpha value is -3.23. The van der Waals surface area contributed by atoms with Crippen LogP contribution < -0.4 is 10.2 Å². The van der Waals surface area contributed by atoms with Crippen molar-refractivity contribution < 1.29 is 9.53 Å². The highest BCUT2D eigenvalue weighted by Gasteiger charge is 2.19. The number of rotatable bonds is 5. The predicted octanol–water partition coefficient (Wildman–Crippen LogP) is 3.93. The number of nitrogens with zero attached hydrogens (tertiary/aromatic N) is 4. The van der Waals surface area contributed by atoms with Crippen LogP contribution >= 0.6 is 11.3 Å². The Kier molecular flexibility index (Phi) is 5.63. The molecule has 0 unspecified atom stereocenters. The molecule has 0 saturated carbocycles. The summed E-state index contributed by atoms with van der Waals surface area (Å²) in [4.78, 5) is 19.7. The van der Waals surface area contributed by atoms with Crippen molar-refractivity contribution in [2.24, 2.45) is 0 Å². The van der Waals surface area contributed by atoms with Crippen molar-refractivity contribution in [3.8, 4) is 17.1 Å². The maximum atomic E-state index is 11.4. The lowest BCUT2D eigenvalue weighted by atomic mass is 10.1. The van der Waals surface area contributed by atoms with Crippen molar-refractivity contribution >= 4 is 33.1 Å². The summed E-state index contributed by atoms with van der Waals surface area (Å²) in [7, 11) is 0. The van der Waals surface area contributed by atoms with Crippen LogP contribution in [0.15, 0.2) is 48.7 Å². The van der Waals surface area contributed by atoms with Gasteiger partial charge in [-0.3, -0.25) is 4.79 Å². The largest absolute Gasteiger partial charge is 0.378 e. The van der Waals surface area contributed by atoms with Crippen LogP contribution in [0.1, 0.15) is 17.4 Å². The quantitative estimate of drug-likeness (QED) is 0.502. The zero-order valence-electron chi connectivity index (χ0n) is 18.2. The molecule has 0 spiro atoms. The van der Waals surface area contributed by atoms with Crippen molar-refractivity contribution in [1.82, 2.24) is 20.1 Å². The lowest BCUT2D eigenvalue weighted by Gasteiger charge is -2.29. The summed E-state index contributed by atoms with van der Waals surface area (Å²) in [5, 5.41) is 7.70. The monoisotopic (exact) mass is 447 g/mol. The molecule has 1 aliphatic rings. The number of thiophene rings is 1. The van der Waals surface area contributed by atoms with Crippen LogP contribution in [0.25, 0.3) is 27.3 Å². The predicted molar refractivity (Wildman–Crippen MR) is 127 cm³/mol. The van der Waals surface area contributed by atoms with Crippen LogP contribution in [-0.2, 0) is 16.1 Å². The molecule has 1 aromatic carbocycles. The Morgan fingerprint density at radius 2 is 2.03 bits per heavy atom. The number of ether oxygens (including phenoxy) is 1. The fourth-order valence-electron chi connectivity index (χ4n) is 3.91. The third kappa shape index (κ3) is 4.24. The summed E-state index contributed by atoms with van der Waals surface area (Å²) in [6.45, 7) is 7.22. The molecule has 1 fully saturated rings. The van der Waals surface area contributed by atoms with Crippen LogP contribution in [0.3, 0.4) is 0 Å². The molecule has 0 atom stereocenters. The van der Waals surface area contributed by atoms with E-state index >= 15 is 0 Å². The number of amides is 1. The van der Waals surface area contributed by atoms with Gasteiger partial charge in [-0.2, -0.15) is 5.10 Å². The highest BCUT2D eigenvalue weighted by atomic mass is 32.1. The zero-order chi connectivity index (χ0) is 22.1. The Morgan fingerprint density at radius 1 is 1.19 bits per heavy atom. The van der Waals surface area contributed by atoms with Gasteiger partial charge in [-0.1, -0.05) is 23.8 Å². The molecular weight excluding hydrogens is 422 g/mol. The average molecular weight is 448 g/mol. The highest BCUT2D eigenvalue weighted by molar-refractivity contribution is 7.19. The minimum Gasteiger partial charge on any atom is -0.378 e. The summed E-state index contributed by atoms with van der Waals surface area (Å²) in [6, 6.07) is 14.5. The highest BCUT2D eigenvalue weighted by Crippen LogP contribution is 2.35. The van der Waals surface area contributed by atoms with Crippen LogP contribution in [0, 0.1) is 6.92 Å². The third-order valence-corrected chi connectivity index (χ3v) is 6.64. The maximum Gasteiger partial charge on any atom is 0.217 e. The minimum absolute atomic E-state index is 0.0373. The number of carbonyl (C=O) groups excluding carboxylic acids is 1. The summed E-state index contributed by atoms with van der Waals surface area (Å²) < 4.78 is 8.53. The van der Waals surface area contributed by atoms with Gasteiger partial charge in [0.1, 0.15) is 0 Å². The summed E-state index contributed by atoms with van der Waals surface area (Å²) >= 11 is 1.68. The molecule has 4 aromatic rings. The molecular formula is C24H25N5O2S. The van der Waals surface area contributed by atoms with Crippen molar-refractivity contribution in [2.75, 3.05) is 31.2 Å². The Labute approximate surface area is 190 Å². The number of morpholine rings is 1. The summed E-state index contributed by atoms with van der Waals surface area (Å²) in [5.41, 5.74) is 5.27. The van der Waals surface area contributed by atoms with Crippen molar-refractivity contribution in [1.29, 1.82) is 0 Å². The first-order valence-corrected chi connectivity index (χ1v) is 11.5. The van der Waals surface area contributed by atoms with E-state index in [1.165, 1.54) is 12.5 Å². The number of pyridine rings is 1. The number of hydrogen-bond acceptors (Lipinski definition) is 6. The zero-order valence-corrected chi connectivity index (χ0v) is 19.0. The molecule has 32 heavy (non-hydrogen) atoms. The first kappa shape index (κ1) is 20.7. The van der Waals surface area contributed by atoms with E-state index < -0.39 is 0 Å². The van der Waals surface area contributed by atoms with Gasteiger partial charge >= 0.3 is 0 Å². The van der Waals surface area contributed by atoms with E-state index in [9.17, 15) is 4.79 Å². The van der Waals surface area contributed by atoms with Crippen molar-refractivity contribution in [3.05, 3.63) is 59.1 Å². The number of anilines is 1. The number of nitrogens with one attached hydrogen (secondary N) is 1. The molecule has 1 saturated heterocycles. The number of aromatic nitrogens is 3. The molecule has 1 amide bonds. The topological polar surface area (TPSA) is 72.3 Å². The summed E-state index contributed by atoms with van der Waals surface area (Å²) in [6.07, 6.45) is 1.96. The SMILES string of the molecule is CC(=O)NCc1cc2nc(-n3ccc(-c4cccc(C)c4)n3)cc(N3CCOCC3)c2s1. The fraction of sp³-hybridized carbons (Fsp3) is 0.292. The number of hydrogen-bond donors (Lipinski definition) is 1. The molecule has 1 aliphatic heterocycles. The molecule has 0 bridgehead atoms. The van der Waals surface area contributed by atoms with Gasteiger partial charge in [0, 0.05) is 42.7 Å². The number of benzene rings is 1. The van der Waals surface area contributed by atoms with Crippen LogP contribution in [0.5, 0.6) is 0 Å². The van der Waals surface area contributed by atoms with Crippen LogP contribution in [0.2, 0.25) is 0 Å². The lowest BCUT2D eigenvalue weighted by Crippen LogP contribution is -2.36. The van der Waals surface area contributed by atoms with Crippen molar-refractivity contribution in [2.45, 2.75) is 20.4 Å². The standard InChI is InChI=1S/C24H25N5O2S/c1-16-4-3-5-18(12-16)20-6-7-29(27-20)23-14-22(28-8-10-31-11-9-28)24-21(26-23)13-19(32-24)15-25-17(2)30/h3-7,12-14H,8-11,15H2,1-2H3,(H,25,30). The molecule has 5 rings (SSSR count). The van der Waals surface area contributed by atoms with Gasteiger partial charge in [0.25, 0.3) is 0 Å². The molecule has 1 N–H and O–H groups in total. The van der Waals surface area contributed by atoms with E-state index in [0.29, 0.717) is 19.8 Å². The lowest BCUT2D eigenvalue weighted by molar-refractivity contribution is -0.119. The molecule has 3 aromatic heterocycles. The van der Waals surface area contributed by atoms with E-state index in [1.807, 2.05) is 23.0 Å². The smallest absolute Gasteiger partial charge is 0.217 e. The van der Waals surface area contributed by atoms with Gasteiger partial charge in [-0.25, -0.2) is 9.67 Å². The van der Waals surface area contributed by atoms with Gasteiger partial charge in [-0.05, 0) is 25.1 Å². The van der Waals surface area contributed by atoms with E-state index in [1.54, 1.807) is 11.3 Å². The second kappa shape index (κ2) is 8.72.